The molecule has 0 radical (unpaired) electrons. The second-order valence-electron chi connectivity index (χ2n) is 2.33. The normalized spacial score (nSPS) is 9.62. The molecule has 0 unspecified atom stereocenters. The Labute approximate surface area is 75.5 Å². The van der Waals surface area contributed by atoms with Crippen LogP contribution < -0.4 is 5.48 Å². The number of hydrogen-bond acceptors (Lipinski definition) is 2. The number of alkyl halides is 1. The molecule has 4 heteroatoms. The molecule has 0 saturated carbocycles. The van der Waals surface area contributed by atoms with Crippen LogP contribution in [0.25, 0.3) is 0 Å². The van der Waals surface area contributed by atoms with E-state index < -0.39 is 6.67 Å². The molecule has 0 bridgehead atoms. The molecular weight excluding hydrogens is 173 g/mol. The third-order valence-electron chi connectivity index (χ3n) is 1.38. The zero-order valence-corrected chi connectivity index (χ0v) is 7.00. The molecule has 0 spiro atoms. The number of carbonyl (C=O) groups is 1. The lowest BCUT2D eigenvalue weighted by atomic mass is 10.2. The second kappa shape index (κ2) is 5.27. The predicted molar refractivity (Wildman–Crippen MR) is 45.8 cm³/mol. The number of amides is 1. The maximum absolute atomic E-state index is 11.6. The fourth-order valence-electron chi connectivity index (χ4n) is 0.804. The lowest BCUT2D eigenvalue weighted by Crippen LogP contribution is -2.24. The topological polar surface area (TPSA) is 38.3 Å². The third-order valence-corrected chi connectivity index (χ3v) is 1.38. The number of hydroxylamine groups is 1. The van der Waals surface area contributed by atoms with Gasteiger partial charge in [-0.15, -0.1) is 0 Å². The Kier molecular flexibility index (Phi) is 3.92. The Balaban J connectivity index is 2.40. The maximum atomic E-state index is 11.6. The minimum absolute atomic E-state index is 0.126. The average Bonchev–Trinajstić information content (AvgIpc) is 2.19. The van der Waals surface area contributed by atoms with Gasteiger partial charge in [0, 0.05) is 5.56 Å². The smallest absolute Gasteiger partial charge is 0.271 e. The minimum Gasteiger partial charge on any atom is -0.271 e. The van der Waals surface area contributed by atoms with Crippen LogP contribution in [0, 0.1) is 0 Å². The molecule has 70 valence electrons. The van der Waals surface area contributed by atoms with Gasteiger partial charge >= 0.3 is 0 Å². The van der Waals surface area contributed by atoms with Crippen LogP contribution >= 0.6 is 0 Å². The molecular formula is C9H10FNO2. The van der Waals surface area contributed by atoms with Crippen molar-refractivity contribution in [1.29, 1.82) is 0 Å². The molecule has 0 aromatic heterocycles. The summed E-state index contributed by atoms with van der Waals surface area (Å²) in [6.45, 7) is -0.742. The van der Waals surface area contributed by atoms with E-state index in [4.69, 9.17) is 0 Å². The molecule has 0 fully saturated rings. The molecule has 0 aliphatic carbocycles. The molecule has 0 aliphatic heterocycles. The summed E-state index contributed by atoms with van der Waals surface area (Å²) in [5.41, 5.74) is 2.61. The zero-order valence-electron chi connectivity index (χ0n) is 7.00. The van der Waals surface area contributed by atoms with Gasteiger partial charge in [0.1, 0.15) is 13.3 Å². The first-order valence-corrected chi connectivity index (χ1v) is 3.87. The molecule has 0 heterocycles. The van der Waals surface area contributed by atoms with Crippen LogP contribution in [0.1, 0.15) is 10.4 Å². The first kappa shape index (κ1) is 9.67. The highest BCUT2D eigenvalue weighted by atomic mass is 19.1. The van der Waals surface area contributed by atoms with Gasteiger partial charge in [-0.05, 0) is 12.1 Å². The second-order valence-corrected chi connectivity index (χ2v) is 2.33. The van der Waals surface area contributed by atoms with Gasteiger partial charge in [0.05, 0.1) is 0 Å². The number of benzene rings is 1. The van der Waals surface area contributed by atoms with Crippen LogP contribution in [-0.4, -0.2) is 19.2 Å². The fraction of sp³-hybridized carbons (Fsp3) is 0.222. The summed E-state index contributed by atoms with van der Waals surface area (Å²) in [6, 6.07) is 8.58. The monoisotopic (exact) mass is 183 g/mol. The Morgan fingerprint density at radius 1 is 1.38 bits per heavy atom. The first-order chi connectivity index (χ1) is 6.34. The molecule has 13 heavy (non-hydrogen) atoms. The summed E-state index contributed by atoms with van der Waals surface area (Å²) < 4.78 is 11.6. The van der Waals surface area contributed by atoms with E-state index >= 15 is 0 Å². The third kappa shape index (κ3) is 3.21. The van der Waals surface area contributed by atoms with E-state index in [1.165, 1.54) is 0 Å². The van der Waals surface area contributed by atoms with Crippen molar-refractivity contribution in [3.8, 4) is 0 Å². The lowest BCUT2D eigenvalue weighted by molar-refractivity contribution is 0.0264. The molecule has 1 aromatic carbocycles. The summed E-state index contributed by atoms with van der Waals surface area (Å²) in [6.07, 6.45) is 0. The minimum atomic E-state index is -0.616. The van der Waals surface area contributed by atoms with Crippen LogP contribution in [0.4, 0.5) is 4.39 Å². The molecule has 1 N–H and O–H groups in total. The van der Waals surface area contributed by atoms with Crippen molar-refractivity contribution >= 4 is 5.91 Å². The van der Waals surface area contributed by atoms with Gasteiger partial charge in [-0.1, -0.05) is 18.2 Å². The van der Waals surface area contributed by atoms with Gasteiger partial charge < -0.3 is 0 Å². The highest BCUT2D eigenvalue weighted by molar-refractivity contribution is 5.93. The van der Waals surface area contributed by atoms with Crippen molar-refractivity contribution in [2.45, 2.75) is 0 Å². The largest absolute Gasteiger partial charge is 0.274 e. The van der Waals surface area contributed by atoms with Crippen LogP contribution in [0.15, 0.2) is 30.3 Å². The van der Waals surface area contributed by atoms with Gasteiger partial charge in [0.25, 0.3) is 5.91 Å². The lowest BCUT2D eigenvalue weighted by Gasteiger charge is -2.02. The first-order valence-electron chi connectivity index (χ1n) is 3.87. The van der Waals surface area contributed by atoms with Crippen LogP contribution in [0.3, 0.4) is 0 Å². The van der Waals surface area contributed by atoms with Gasteiger partial charge in [-0.25, -0.2) is 9.87 Å². The quantitative estimate of drug-likeness (QED) is 0.564. The highest BCUT2D eigenvalue weighted by Gasteiger charge is 2.02. The average molecular weight is 183 g/mol. The Bertz CT molecular complexity index is 264. The SMILES string of the molecule is O=C(NOCCF)c1ccccc1. The predicted octanol–water partition coefficient (Wildman–Crippen LogP) is 1.32. The van der Waals surface area contributed by atoms with Crippen molar-refractivity contribution in [2.75, 3.05) is 13.3 Å². The molecule has 0 atom stereocenters. The van der Waals surface area contributed by atoms with Crippen molar-refractivity contribution in [3.63, 3.8) is 0 Å². The summed E-state index contributed by atoms with van der Waals surface area (Å²) in [4.78, 5) is 15.7. The van der Waals surface area contributed by atoms with Gasteiger partial charge in [0.15, 0.2) is 0 Å². The zero-order chi connectivity index (χ0) is 9.52. The molecule has 0 aliphatic rings. The van der Waals surface area contributed by atoms with E-state index in [9.17, 15) is 9.18 Å². The number of carbonyl (C=O) groups excluding carboxylic acids is 1. The molecule has 1 aromatic rings. The van der Waals surface area contributed by atoms with E-state index in [0.29, 0.717) is 5.56 Å². The number of halogens is 1. The maximum Gasteiger partial charge on any atom is 0.274 e. The number of rotatable bonds is 4. The summed E-state index contributed by atoms with van der Waals surface area (Å²) in [5, 5.41) is 0. The van der Waals surface area contributed by atoms with Gasteiger partial charge in [-0.2, -0.15) is 0 Å². The highest BCUT2D eigenvalue weighted by Crippen LogP contribution is 1.97. The molecule has 1 rings (SSSR count). The van der Waals surface area contributed by atoms with Crippen LogP contribution in [0.5, 0.6) is 0 Å². The van der Waals surface area contributed by atoms with Gasteiger partial charge in [-0.3, -0.25) is 9.63 Å². The van der Waals surface area contributed by atoms with E-state index in [1.54, 1.807) is 30.3 Å². The van der Waals surface area contributed by atoms with Crippen LogP contribution in [0.2, 0.25) is 0 Å². The van der Waals surface area contributed by atoms with Crippen LogP contribution in [-0.2, 0) is 4.84 Å². The van der Waals surface area contributed by atoms with E-state index in [0.717, 1.165) is 0 Å². The summed E-state index contributed by atoms with van der Waals surface area (Å²) in [5.74, 6) is -0.367. The molecule has 0 saturated heterocycles. The summed E-state index contributed by atoms with van der Waals surface area (Å²) >= 11 is 0. The number of nitrogens with one attached hydrogen (secondary N) is 1. The summed E-state index contributed by atoms with van der Waals surface area (Å²) in [7, 11) is 0. The Morgan fingerprint density at radius 3 is 2.69 bits per heavy atom. The van der Waals surface area contributed by atoms with Crippen molar-refractivity contribution in [3.05, 3.63) is 35.9 Å². The fourth-order valence-corrected chi connectivity index (χ4v) is 0.804. The van der Waals surface area contributed by atoms with Crippen molar-refractivity contribution < 1.29 is 14.0 Å². The Hall–Kier alpha value is -1.42. The van der Waals surface area contributed by atoms with E-state index in [2.05, 4.69) is 10.3 Å². The Morgan fingerprint density at radius 2 is 2.08 bits per heavy atom. The van der Waals surface area contributed by atoms with Gasteiger partial charge in [0.2, 0.25) is 0 Å². The van der Waals surface area contributed by atoms with Crippen molar-refractivity contribution in [1.82, 2.24) is 5.48 Å². The molecule has 3 nitrogen and oxygen atoms in total. The van der Waals surface area contributed by atoms with Crippen molar-refractivity contribution in [2.24, 2.45) is 0 Å². The van der Waals surface area contributed by atoms with E-state index in [1.807, 2.05) is 0 Å². The van der Waals surface area contributed by atoms with E-state index in [-0.39, 0.29) is 12.5 Å². The number of hydrogen-bond donors (Lipinski definition) is 1. The standard InChI is InChI=1S/C9H10FNO2/c10-6-7-13-11-9(12)8-4-2-1-3-5-8/h1-5H,6-7H2,(H,11,12). The molecule has 1 amide bonds.